The van der Waals surface area contributed by atoms with Crippen molar-refractivity contribution in [2.75, 3.05) is 5.32 Å². The molecule has 2 N–H and O–H groups in total. The summed E-state index contributed by atoms with van der Waals surface area (Å²) in [6.45, 7) is 6.51. The smallest absolute Gasteiger partial charge is 0.258 e. The lowest BCUT2D eigenvalue weighted by Crippen LogP contribution is -2.15. The van der Waals surface area contributed by atoms with Gasteiger partial charge in [-0.3, -0.25) is 9.89 Å². The molecule has 3 aromatic rings. The molecular weight excluding hydrogens is 353 g/mol. The highest BCUT2D eigenvalue weighted by atomic mass is 19.1. The van der Waals surface area contributed by atoms with E-state index in [1.165, 1.54) is 17.7 Å². The fraction of sp³-hybridized carbons (Fsp3) is 0.304. The Balaban J connectivity index is 1.70. The van der Waals surface area contributed by atoms with E-state index in [0.29, 0.717) is 17.3 Å². The van der Waals surface area contributed by atoms with Crippen LogP contribution in [-0.4, -0.2) is 16.1 Å². The number of carbonyl (C=O) groups is 1. The van der Waals surface area contributed by atoms with Crippen LogP contribution in [0.5, 0.6) is 0 Å². The van der Waals surface area contributed by atoms with E-state index in [1.54, 1.807) is 12.1 Å². The summed E-state index contributed by atoms with van der Waals surface area (Å²) in [6.07, 6.45) is 2.13. The number of nitrogens with zero attached hydrogens (tertiary/aromatic N) is 1. The van der Waals surface area contributed by atoms with E-state index in [9.17, 15) is 9.18 Å². The Morgan fingerprint density at radius 2 is 1.79 bits per heavy atom. The van der Waals surface area contributed by atoms with Crippen LogP contribution in [0, 0.1) is 5.82 Å². The molecule has 28 heavy (non-hydrogen) atoms. The average Bonchev–Trinajstić information content (AvgIpc) is 3.42. The van der Waals surface area contributed by atoms with E-state index >= 15 is 0 Å². The van der Waals surface area contributed by atoms with Crippen molar-refractivity contribution in [1.82, 2.24) is 10.2 Å². The van der Waals surface area contributed by atoms with Crippen molar-refractivity contribution in [1.29, 1.82) is 0 Å². The van der Waals surface area contributed by atoms with Gasteiger partial charge in [-0.1, -0.05) is 57.2 Å². The second kappa shape index (κ2) is 6.89. The Morgan fingerprint density at radius 3 is 2.39 bits per heavy atom. The minimum Gasteiger partial charge on any atom is -0.318 e. The maximum absolute atomic E-state index is 14.0. The average molecular weight is 377 g/mol. The standard InChI is InChI=1S/C23H24FN3O/c1-23(2,3)16-12-10-15(11-13-16)20-21(19(26-27-20)14-8-9-14)25-22(28)17-6-4-5-7-18(17)24/h4-7,10-14H,8-9H2,1-3H3,(H,25,28)(H,26,27). The van der Waals surface area contributed by atoms with Crippen LogP contribution in [0.3, 0.4) is 0 Å². The molecule has 144 valence electrons. The molecule has 0 saturated heterocycles. The van der Waals surface area contributed by atoms with E-state index in [4.69, 9.17) is 0 Å². The second-order valence-electron chi connectivity index (χ2n) is 8.40. The highest BCUT2D eigenvalue weighted by molar-refractivity contribution is 6.06. The molecule has 0 spiro atoms. The van der Waals surface area contributed by atoms with Gasteiger partial charge in [-0.25, -0.2) is 4.39 Å². The largest absolute Gasteiger partial charge is 0.318 e. The number of amides is 1. The van der Waals surface area contributed by atoms with Crippen molar-refractivity contribution < 1.29 is 9.18 Å². The summed E-state index contributed by atoms with van der Waals surface area (Å²) in [5.41, 5.74) is 4.49. The molecular formula is C23H24FN3O. The zero-order valence-corrected chi connectivity index (χ0v) is 16.3. The predicted octanol–water partition coefficient (Wildman–Crippen LogP) is 5.64. The first-order valence-corrected chi connectivity index (χ1v) is 9.59. The van der Waals surface area contributed by atoms with Gasteiger partial charge in [0.05, 0.1) is 16.9 Å². The third-order valence-electron chi connectivity index (χ3n) is 5.16. The minimum absolute atomic E-state index is 0.0273. The molecule has 0 bridgehead atoms. The lowest BCUT2D eigenvalue weighted by Gasteiger charge is -2.19. The zero-order valence-electron chi connectivity index (χ0n) is 16.3. The maximum Gasteiger partial charge on any atom is 0.258 e. The first-order chi connectivity index (χ1) is 13.3. The molecule has 4 rings (SSSR count). The van der Waals surface area contributed by atoms with E-state index in [2.05, 4.69) is 48.4 Å². The number of H-pyrrole nitrogens is 1. The normalized spacial score (nSPS) is 14.1. The molecule has 0 radical (unpaired) electrons. The molecule has 1 saturated carbocycles. The number of nitrogens with one attached hydrogen (secondary N) is 2. The van der Waals surface area contributed by atoms with Gasteiger partial charge in [-0.15, -0.1) is 0 Å². The fourth-order valence-corrected chi connectivity index (χ4v) is 3.31. The third-order valence-corrected chi connectivity index (χ3v) is 5.16. The van der Waals surface area contributed by atoms with Gasteiger partial charge in [0.15, 0.2) is 0 Å². The number of hydrogen-bond donors (Lipinski definition) is 2. The van der Waals surface area contributed by atoms with E-state index in [1.807, 2.05) is 12.1 Å². The highest BCUT2D eigenvalue weighted by Crippen LogP contribution is 2.45. The van der Waals surface area contributed by atoms with Crippen LogP contribution in [0.4, 0.5) is 10.1 Å². The number of hydrogen-bond acceptors (Lipinski definition) is 2. The van der Waals surface area contributed by atoms with E-state index in [0.717, 1.165) is 24.1 Å². The summed E-state index contributed by atoms with van der Waals surface area (Å²) in [4.78, 5) is 12.7. The summed E-state index contributed by atoms with van der Waals surface area (Å²) < 4.78 is 14.0. The van der Waals surface area contributed by atoms with E-state index in [-0.39, 0.29) is 11.0 Å². The van der Waals surface area contributed by atoms with Crippen molar-refractivity contribution in [2.45, 2.75) is 44.9 Å². The molecule has 1 amide bonds. The molecule has 4 nitrogen and oxygen atoms in total. The van der Waals surface area contributed by atoms with Gasteiger partial charge < -0.3 is 5.32 Å². The van der Waals surface area contributed by atoms with Crippen molar-refractivity contribution >= 4 is 11.6 Å². The quantitative estimate of drug-likeness (QED) is 0.618. The maximum atomic E-state index is 14.0. The minimum atomic E-state index is -0.535. The van der Waals surface area contributed by atoms with Crippen LogP contribution in [0.2, 0.25) is 0 Å². The predicted molar refractivity (Wildman–Crippen MR) is 109 cm³/mol. The Labute approximate surface area is 164 Å². The summed E-state index contributed by atoms with van der Waals surface area (Å²) in [6, 6.07) is 14.2. The molecule has 0 aliphatic heterocycles. The van der Waals surface area contributed by atoms with Crippen molar-refractivity contribution in [3.8, 4) is 11.3 Å². The lowest BCUT2D eigenvalue weighted by molar-refractivity contribution is 0.102. The molecule has 1 fully saturated rings. The topological polar surface area (TPSA) is 57.8 Å². The van der Waals surface area contributed by atoms with Gasteiger partial charge in [0.2, 0.25) is 0 Å². The van der Waals surface area contributed by atoms with Crippen molar-refractivity contribution in [3.05, 3.63) is 71.2 Å². The summed E-state index contributed by atoms with van der Waals surface area (Å²) in [7, 11) is 0. The molecule has 1 aliphatic rings. The van der Waals surface area contributed by atoms with Crippen LogP contribution < -0.4 is 5.32 Å². The first kappa shape index (κ1) is 18.4. The van der Waals surface area contributed by atoms with E-state index < -0.39 is 11.7 Å². The first-order valence-electron chi connectivity index (χ1n) is 9.59. The lowest BCUT2D eigenvalue weighted by atomic mass is 9.86. The molecule has 1 heterocycles. The van der Waals surface area contributed by atoms with Crippen LogP contribution in [0.15, 0.2) is 48.5 Å². The van der Waals surface area contributed by atoms with Crippen molar-refractivity contribution in [2.24, 2.45) is 0 Å². The zero-order chi connectivity index (χ0) is 19.9. The van der Waals surface area contributed by atoms with Gasteiger partial charge >= 0.3 is 0 Å². The Bertz CT molecular complexity index is 1010. The molecule has 2 aromatic carbocycles. The van der Waals surface area contributed by atoms with Crippen LogP contribution in [0.1, 0.15) is 61.1 Å². The summed E-state index contributed by atoms with van der Waals surface area (Å²) >= 11 is 0. The molecule has 0 atom stereocenters. The highest BCUT2D eigenvalue weighted by Gasteiger charge is 2.31. The second-order valence-corrected chi connectivity index (χ2v) is 8.40. The number of benzene rings is 2. The molecule has 1 aliphatic carbocycles. The number of anilines is 1. The van der Waals surface area contributed by atoms with Gasteiger partial charge in [0.25, 0.3) is 5.91 Å². The van der Waals surface area contributed by atoms with Gasteiger partial charge in [0.1, 0.15) is 11.5 Å². The summed E-state index contributed by atoms with van der Waals surface area (Å²) in [5, 5.41) is 10.5. The SMILES string of the molecule is CC(C)(C)c1ccc(-c2n[nH]c(C3CC3)c2NC(=O)c2ccccc2F)cc1. The van der Waals surface area contributed by atoms with Crippen molar-refractivity contribution in [3.63, 3.8) is 0 Å². The van der Waals surface area contributed by atoms with Crippen LogP contribution >= 0.6 is 0 Å². The molecule has 1 aromatic heterocycles. The van der Waals surface area contributed by atoms with Gasteiger partial charge in [-0.05, 0) is 36.0 Å². The number of aromatic nitrogens is 2. The Hall–Kier alpha value is -2.95. The third kappa shape index (κ3) is 3.57. The van der Waals surface area contributed by atoms with Crippen LogP contribution in [0.25, 0.3) is 11.3 Å². The Kier molecular flexibility index (Phi) is 4.53. The van der Waals surface area contributed by atoms with Crippen LogP contribution in [-0.2, 0) is 5.41 Å². The molecule has 0 unspecified atom stereocenters. The van der Waals surface area contributed by atoms with Gasteiger partial charge in [0, 0.05) is 11.5 Å². The number of halogens is 1. The van der Waals surface area contributed by atoms with Gasteiger partial charge in [-0.2, -0.15) is 5.10 Å². The summed E-state index contributed by atoms with van der Waals surface area (Å²) in [5.74, 6) is -0.632. The number of carbonyl (C=O) groups excluding carboxylic acids is 1. The fourth-order valence-electron chi connectivity index (χ4n) is 3.31. The number of rotatable bonds is 4. The Morgan fingerprint density at radius 1 is 1.11 bits per heavy atom. The monoisotopic (exact) mass is 377 g/mol. The molecule has 5 heteroatoms. The number of aromatic amines is 1.